The molecule has 206 valence electrons. The van der Waals surface area contributed by atoms with Crippen LogP contribution in [-0.2, 0) is 50.2 Å². The van der Waals surface area contributed by atoms with Crippen LogP contribution in [-0.4, -0.2) is 35.3 Å². The van der Waals surface area contributed by atoms with Gasteiger partial charge in [-0.1, -0.05) is 133 Å². The van der Waals surface area contributed by atoms with Crippen LogP contribution < -0.4 is 0 Å². The van der Waals surface area contributed by atoms with E-state index in [0.717, 1.165) is 22.3 Å². The Kier molecular flexibility index (Phi) is 10.6. The van der Waals surface area contributed by atoms with Gasteiger partial charge in [0.1, 0.15) is 12.2 Å². The average molecular weight is 555 g/mol. The van der Waals surface area contributed by atoms with Crippen LogP contribution in [0.1, 0.15) is 22.3 Å². The first kappa shape index (κ1) is 28.3. The second kappa shape index (κ2) is 14.9. The van der Waals surface area contributed by atoms with E-state index in [2.05, 4.69) is 0 Å². The van der Waals surface area contributed by atoms with E-state index in [1.807, 2.05) is 121 Å². The lowest BCUT2D eigenvalue weighted by Crippen LogP contribution is -2.55. The van der Waals surface area contributed by atoms with Crippen molar-refractivity contribution in [2.45, 2.75) is 50.0 Å². The topological polar surface area (TPSA) is 54.0 Å². The van der Waals surface area contributed by atoms with Gasteiger partial charge in [-0.2, -0.15) is 0 Å². The molecule has 4 aromatic carbocycles. The second-order valence-corrected chi connectivity index (χ2v) is 11.0. The normalized spacial score (nSPS) is 20.9. The van der Waals surface area contributed by atoms with Gasteiger partial charge in [-0.25, -0.2) is 0 Å². The molecule has 5 nitrogen and oxygen atoms in total. The van der Waals surface area contributed by atoms with E-state index in [9.17, 15) is 4.79 Å². The zero-order valence-electron chi connectivity index (χ0n) is 22.3. The SMILES string of the molecule is O=C1S[C@H](COCc2ccccc2)[C@@H](OCc2ccccc2)[C@H](OCc2ccccc2)[C@H]1OCc1ccccc1. The maximum atomic E-state index is 13.5. The molecule has 1 aliphatic heterocycles. The summed E-state index contributed by atoms with van der Waals surface area (Å²) in [6.45, 7) is 1.86. The molecule has 0 bridgehead atoms. The third-order valence-electron chi connectivity index (χ3n) is 6.73. The molecule has 1 heterocycles. The quantitative estimate of drug-likeness (QED) is 0.186. The Morgan fingerprint density at radius 3 is 1.38 bits per heavy atom. The lowest BCUT2D eigenvalue weighted by molar-refractivity contribution is -0.166. The van der Waals surface area contributed by atoms with Gasteiger partial charge in [0, 0.05) is 0 Å². The summed E-state index contributed by atoms with van der Waals surface area (Å²) >= 11 is 1.24. The molecular weight excluding hydrogens is 520 g/mol. The van der Waals surface area contributed by atoms with Crippen LogP contribution in [0.4, 0.5) is 0 Å². The number of rotatable bonds is 13. The van der Waals surface area contributed by atoms with E-state index < -0.39 is 18.3 Å². The van der Waals surface area contributed by atoms with Crippen molar-refractivity contribution in [2.24, 2.45) is 0 Å². The number of hydrogen-bond acceptors (Lipinski definition) is 6. The van der Waals surface area contributed by atoms with Gasteiger partial charge in [-0.05, 0) is 22.3 Å². The average Bonchev–Trinajstić information content (AvgIpc) is 3.01. The minimum absolute atomic E-state index is 0.0677. The third-order valence-corrected chi connectivity index (χ3v) is 7.90. The number of benzene rings is 4. The molecule has 6 heteroatoms. The zero-order valence-corrected chi connectivity index (χ0v) is 23.2. The van der Waals surface area contributed by atoms with Crippen molar-refractivity contribution < 1.29 is 23.7 Å². The summed E-state index contributed by atoms with van der Waals surface area (Å²) in [5.41, 5.74) is 4.15. The third kappa shape index (κ3) is 8.13. The largest absolute Gasteiger partial charge is 0.376 e. The molecule has 0 spiro atoms. The molecule has 5 rings (SSSR count). The Balaban J connectivity index is 1.36. The molecule has 0 aromatic heterocycles. The van der Waals surface area contributed by atoms with Gasteiger partial charge in [-0.3, -0.25) is 4.79 Å². The summed E-state index contributed by atoms with van der Waals surface area (Å²) in [6, 6.07) is 39.9. The van der Waals surface area contributed by atoms with Gasteiger partial charge >= 0.3 is 0 Å². The van der Waals surface area contributed by atoms with Crippen molar-refractivity contribution in [1.82, 2.24) is 0 Å². The van der Waals surface area contributed by atoms with Gasteiger partial charge in [0.05, 0.1) is 38.3 Å². The van der Waals surface area contributed by atoms with E-state index >= 15 is 0 Å². The fraction of sp³-hybridized carbons (Fsp3) is 0.265. The highest BCUT2D eigenvalue weighted by Crippen LogP contribution is 2.35. The zero-order chi connectivity index (χ0) is 27.4. The van der Waals surface area contributed by atoms with Crippen LogP contribution in [0.25, 0.3) is 0 Å². The Morgan fingerprint density at radius 2 is 0.900 bits per heavy atom. The molecule has 0 unspecified atom stereocenters. The Bertz CT molecular complexity index is 1290. The molecule has 4 atom stereocenters. The van der Waals surface area contributed by atoms with E-state index in [-0.39, 0.29) is 10.4 Å². The number of hydrogen-bond donors (Lipinski definition) is 0. The Morgan fingerprint density at radius 1 is 0.500 bits per heavy atom. The fourth-order valence-corrected chi connectivity index (χ4v) is 5.80. The molecule has 0 radical (unpaired) electrons. The molecular formula is C34H34O5S. The van der Waals surface area contributed by atoms with Crippen LogP contribution in [0.2, 0.25) is 0 Å². The minimum Gasteiger partial charge on any atom is -0.376 e. The Hall–Kier alpha value is -3.26. The molecule has 1 aliphatic rings. The highest BCUT2D eigenvalue weighted by molar-refractivity contribution is 8.14. The highest BCUT2D eigenvalue weighted by Gasteiger charge is 2.47. The smallest absolute Gasteiger partial charge is 0.220 e. The van der Waals surface area contributed by atoms with Crippen molar-refractivity contribution in [2.75, 3.05) is 6.61 Å². The summed E-state index contributed by atoms with van der Waals surface area (Å²) in [6.07, 6.45) is -1.81. The van der Waals surface area contributed by atoms with Crippen molar-refractivity contribution in [3.8, 4) is 0 Å². The minimum atomic E-state index is -0.778. The molecule has 0 saturated carbocycles. The van der Waals surface area contributed by atoms with Crippen LogP contribution >= 0.6 is 11.8 Å². The fourth-order valence-electron chi connectivity index (χ4n) is 4.64. The molecule has 1 saturated heterocycles. The first-order valence-corrected chi connectivity index (χ1v) is 14.4. The summed E-state index contributed by atoms with van der Waals surface area (Å²) < 4.78 is 25.4. The molecule has 4 aromatic rings. The molecule has 0 amide bonds. The molecule has 0 N–H and O–H groups in total. The van der Waals surface area contributed by atoms with E-state index in [0.29, 0.717) is 33.0 Å². The van der Waals surface area contributed by atoms with Crippen molar-refractivity contribution in [3.63, 3.8) is 0 Å². The van der Waals surface area contributed by atoms with Gasteiger partial charge in [0.2, 0.25) is 5.12 Å². The maximum absolute atomic E-state index is 13.5. The first-order chi connectivity index (χ1) is 19.8. The number of carbonyl (C=O) groups is 1. The number of carbonyl (C=O) groups excluding carboxylic acids is 1. The maximum Gasteiger partial charge on any atom is 0.220 e. The van der Waals surface area contributed by atoms with E-state index in [4.69, 9.17) is 18.9 Å². The summed E-state index contributed by atoms with van der Waals surface area (Å²) in [4.78, 5) is 13.5. The monoisotopic (exact) mass is 554 g/mol. The predicted octanol–water partition coefficient (Wildman–Crippen LogP) is 6.60. The number of ether oxygens (including phenoxy) is 4. The summed E-state index contributed by atoms with van der Waals surface area (Å²) in [7, 11) is 0. The van der Waals surface area contributed by atoms with Crippen LogP contribution in [0.15, 0.2) is 121 Å². The summed E-state index contributed by atoms with van der Waals surface area (Å²) in [5.74, 6) is 0. The second-order valence-electron chi connectivity index (χ2n) is 9.72. The van der Waals surface area contributed by atoms with Gasteiger partial charge in [0.25, 0.3) is 0 Å². The van der Waals surface area contributed by atoms with Crippen LogP contribution in [0.5, 0.6) is 0 Å². The lowest BCUT2D eigenvalue weighted by atomic mass is 10.0. The van der Waals surface area contributed by atoms with E-state index in [1.54, 1.807) is 0 Å². The van der Waals surface area contributed by atoms with Gasteiger partial charge < -0.3 is 18.9 Å². The predicted molar refractivity (Wildman–Crippen MR) is 158 cm³/mol. The lowest BCUT2D eigenvalue weighted by Gasteiger charge is -2.40. The summed E-state index contributed by atoms with van der Waals surface area (Å²) in [5, 5.41) is -0.320. The standard InChI is InChI=1S/C34H34O5S/c35-34-33(39-24-29-19-11-4-12-20-29)32(38-23-28-17-9-3-10-18-28)31(37-22-27-15-7-2-8-16-27)30(40-34)25-36-21-26-13-5-1-6-14-26/h1-20,30-33H,21-25H2/t30-,31-,32+,33-/m1/s1. The molecule has 40 heavy (non-hydrogen) atoms. The van der Waals surface area contributed by atoms with E-state index in [1.165, 1.54) is 11.8 Å². The van der Waals surface area contributed by atoms with Crippen LogP contribution in [0.3, 0.4) is 0 Å². The van der Waals surface area contributed by atoms with Crippen molar-refractivity contribution >= 4 is 16.9 Å². The first-order valence-electron chi connectivity index (χ1n) is 13.5. The molecule has 0 aliphatic carbocycles. The molecule has 1 fully saturated rings. The van der Waals surface area contributed by atoms with Gasteiger partial charge in [0.15, 0.2) is 6.10 Å². The highest BCUT2D eigenvalue weighted by atomic mass is 32.2. The Labute approximate surface area is 240 Å². The number of thioether (sulfide) groups is 1. The van der Waals surface area contributed by atoms with Gasteiger partial charge in [-0.15, -0.1) is 0 Å². The van der Waals surface area contributed by atoms with Crippen molar-refractivity contribution in [1.29, 1.82) is 0 Å². The van der Waals surface area contributed by atoms with Crippen molar-refractivity contribution in [3.05, 3.63) is 144 Å². The van der Waals surface area contributed by atoms with Crippen LogP contribution in [0, 0.1) is 0 Å².